The van der Waals surface area contributed by atoms with Crippen LogP contribution < -0.4 is 0 Å². The van der Waals surface area contributed by atoms with Gasteiger partial charge in [0.1, 0.15) is 18.3 Å². The van der Waals surface area contributed by atoms with Crippen LogP contribution >= 0.6 is 23.2 Å². The molecule has 0 amide bonds. The molecule has 25 heavy (non-hydrogen) atoms. The van der Waals surface area contributed by atoms with Crippen molar-refractivity contribution in [2.24, 2.45) is 0 Å². The van der Waals surface area contributed by atoms with Crippen molar-refractivity contribution in [3.8, 4) is 0 Å². The number of rotatable bonds is 5. The number of fused-ring (bicyclic) bond motifs is 1. The van der Waals surface area contributed by atoms with Crippen LogP contribution in [0.3, 0.4) is 0 Å². The molecule has 2 unspecified atom stereocenters. The lowest BCUT2D eigenvalue weighted by molar-refractivity contribution is -0.192. The second-order valence-electron chi connectivity index (χ2n) is 5.78. The molecule has 1 aliphatic rings. The lowest BCUT2D eigenvalue weighted by Gasteiger charge is -2.24. The Bertz CT molecular complexity index is 883. The number of nitrogens with zero attached hydrogens (tertiary/aromatic N) is 2. The molecule has 2 atom stereocenters. The summed E-state index contributed by atoms with van der Waals surface area (Å²) in [5, 5.41) is 8.41. The zero-order valence-corrected chi connectivity index (χ0v) is 14.8. The Morgan fingerprint density at radius 1 is 1.36 bits per heavy atom. The molecular formula is C16H15Cl2N3O4. The van der Waals surface area contributed by atoms with E-state index in [1.807, 2.05) is 6.07 Å². The summed E-state index contributed by atoms with van der Waals surface area (Å²) < 4.78 is 23.3. The summed E-state index contributed by atoms with van der Waals surface area (Å²) in [6.45, 7) is 0.776. The van der Waals surface area contributed by atoms with Gasteiger partial charge in [-0.3, -0.25) is 5.10 Å². The van der Waals surface area contributed by atoms with Crippen molar-refractivity contribution in [1.29, 1.82) is 0 Å². The quantitative estimate of drug-likeness (QED) is 0.727. The van der Waals surface area contributed by atoms with Gasteiger partial charge in [0.15, 0.2) is 11.3 Å². The zero-order valence-electron chi connectivity index (χ0n) is 13.3. The predicted molar refractivity (Wildman–Crippen MR) is 90.7 cm³/mol. The van der Waals surface area contributed by atoms with E-state index in [9.17, 15) is 0 Å². The van der Waals surface area contributed by atoms with Crippen molar-refractivity contribution in [3.63, 3.8) is 0 Å². The summed E-state index contributed by atoms with van der Waals surface area (Å²) in [7, 11) is 1.61. The molecule has 2 aromatic heterocycles. The first kappa shape index (κ1) is 16.8. The molecule has 0 spiro atoms. The molecule has 1 N–H and O–H groups in total. The van der Waals surface area contributed by atoms with Crippen molar-refractivity contribution in [1.82, 2.24) is 15.2 Å². The Morgan fingerprint density at radius 2 is 2.24 bits per heavy atom. The number of aromatic nitrogens is 3. The number of ether oxygens (including phenoxy) is 3. The Kier molecular flexibility index (Phi) is 4.43. The van der Waals surface area contributed by atoms with Gasteiger partial charge in [-0.15, -0.1) is 0 Å². The van der Waals surface area contributed by atoms with E-state index >= 15 is 0 Å². The number of nitrogens with one attached hydrogen (secondary N) is 1. The second-order valence-corrected chi connectivity index (χ2v) is 6.63. The molecule has 1 aliphatic heterocycles. The Labute approximate surface area is 153 Å². The van der Waals surface area contributed by atoms with Crippen molar-refractivity contribution < 1.29 is 18.6 Å². The van der Waals surface area contributed by atoms with E-state index in [1.54, 1.807) is 19.2 Å². The highest BCUT2D eigenvalue weighted by atomic mass is 35.5. The van der Waals surface area contributed by atoms with Crippen LogP contribution in [0.4, 0.5) is 0 Å². The summed E-state index contributed by atoms with van der Waals surface area (Å²) in [6, 6.07) is 5.23. The fourth-order valence-electron chi connectivity index (χ4n) is 2.94. The van der Waals surface area contributed by atoms with Crippen LogP contribution in [-0.4, -0.2) is 41.6 Å². The molecule has 1 aromatic carbocycles. The third-order valence-electron chi connectivity index (χ3n) is 3.99. The molecule has 9 heteroatoms. The summed E-state index contributed by atoms with van der Waals surface area (Å²) >= 11 is 12.3. The third-order valence-corrected chi connectivity index (χ3v) is 4.49. The van der Waals surface area contributed by atoms with Crippen LogP contribution in [0, 0.1) is 0 Å². The lowest BCUT2D eigenvalue weighted by atomic mass is 10.1. The van der Waals surface area contributed by atoms with Gasteiger partial charge in [-0.25, -0.2) is 4.98 Å². The van der Waals surface area contributed by atoms with E-state index in [0.717, 1.165) is 5.39 Å². The van der Waals surface area contributed by atoms with E-state index in [4.69, 9.17) is 41.8 Å². The standard InChI is InChI=1S/C16H15Cl2N3O4/c1-22-6-11-7-23-16(25-11,5-14-19-8-20-21-14)13-3-9-2-10(17)4-12(18)15(9)24-13/h2-4,8,11H,5-7H2,1H3,(H,19,20,21). The Balaban J connectivity index is 1.77. The van der Waals surface area contributed by atoms with Crippen LogP contribution in [0.1, 0.15) is 11.6 Å². The molecule has 0 aliphatic carbocycles. The van der Waals surface area contributed by atoms with Gasteiger partial charge in [-0.05, 0) is 18.2 Å². The molecule has 1 fully saturated rings. The van der Waals surface area contributed by atoms with Crippen molar-refractivity contribution in [3.05, 3.63) is 46.2 Å². The SMILES string of the molecule is COCC1COC(Cc2ncn[nH]2)(c2cc3cc(Cl)cc(Cl)c3o2)O1. The van der Waals surface area contributed by atoms with Crippen LogP contribution in [-0.2, 0) is 26.4 Å². The molecule has 3 aromatic rings. The molecule has 4 rings (SSSR count). The van der Waals surface area contributed by atoms with Crippen LogP contribution in [0.25, 0.3) is 11.0 Å². The first-order valence-corrected chi connectivity index (χ1v) is 8.39. The molecule has 7 nitrogen and oxygen atoms in total. The van der Waals surface area contributed by atoms with E-state index in [2.05, 4.69) is 15.2 Å². The van der Waals surface area contributed by atoms with Crippen molar-refractivity contribution in [2.45, 2.75) is 18.3 Å². The molecule has 0 radical (unpaired) electrons. The smallest absolute Gasteiger partial charge is 0.236 e. The summed E-state index contributed by atoms with van der Waals surface area (Å²) in [4.78, 5) is 4.16. The second kappa shape index (κ2) is 6.59. The fourth-order valence-corrected chi connectivity index (χ4v) is 3.49. The molecular weight excluding hydrogens is 369 g/mol. The molecule has 1 saturated heterocycles. The van der Waals surface area contributed by atoms with E-state index < -0.39 is 5.79 Å². The van der Waals surface area contributed by atoms with Crippen LogP contribution in [0.2, 0.25) is 10.0 Å². The average Bonchev–Trinajstić information content (AvgIpc) is 3.28. The van der Waals surface area contributed by atoms with Gasteiger partial charge in [0.2, 0.25) is 5.79 Å². The number of benzene rings is 1. The van der Waals surface area contributed by atoms with Gasteiger partial charge in [0, 0.05) is 17.5 Å². The monoisotopic (exact) mass is 383 g/mol. The number of halogens is 2. The lowest BCUT2D eigenvalue weighted by Crippen LogP contribution is -2.31. The number of hydrogen-bond acceptors (Lipinski definition) is 6. The van der Waals surface area contributed by atoms with Gasteiger partial charge in [0.25, 0.3) is 0 Å². The first-order valence-electron chi connectivity index (χ1n) is 7.64. The minimum absolute atomic E-state index is 0.222. The zero-order chi connectivity index (χ0) is 17.4. The number of hydrogen-bond donors (Lipinski definition) is 1. The summed E-state index contributed by atoms with van der Waals surface area (Å²) in [5.74, 6) is -0.0401. The van der Waals surface area contributed by atoms with Gasteiger partial charge >= 0.3 is 0 Å². The van der Waals surface area contributed by atoms with Gasteiger partial charge in [-0.1, -0.05) is 23.2 Å². The molecule has 132 valence electrons. The summed E-state index contributed by atoms with van der Waals surface area (Å²) in [6.07, 6.45) is 1.51. The van der Waals surface area contributed by atoms with E-state index in [0.29, 0.717) is 46.8 Å². The average molecular weight is 384 g/mol. The number of methoxy groups -OCH3 is 1. The fraction of sp³-hybridized carbons (Fsp3) is 0.375. The number of aromatic amines is 1. The van der Waals surface area contributed by atoms with Gasteiger partial charge in [-0.2, -0.15) is 5.10 Å². The van der Waals surface area contributed by atoms with Crippen LogP contribution in [0.5, 0.6) is 0 Å². The van der Waals surface area contributed by atoms with E-state index in [-0.39, 0.29) is 6.10 Å². The van der Waals surface area contributed by atoms with Crippen molar-refractivity contribution >= 4 is 34.2 Å². The minimum Gasteiger partial charge on any atom is -0.454 e. The number of H-pyrrole nitrogens is 1. The first-order chi connectivity index (χ1) is 12.1. The third kappa shape index (κ3) is 3.14. The Morgan fingerprint density at radius 3 is 3.00 bits per heavy atom. The molecule has 0 saturated carbocycles. The van der Waals surface area contributed by atoms with Gasteiger partial charge < -0.3 is 18.6 Å². The highest BCUT2D eigenvalue weighted by Crippen LogP contribution is 2.41. The van der Waals surface area contributed by atoms with E-state index in [1.165, 1.54) is 6.33 Å². The summed E-state index contributed by atoms with van der Waals surface area (Å²) in [5.41, 5.74) is 0.528. The minimum atomic E-state index is -1.14. The normalized spacial score (nSPS) is 23.6. The largest absolute Gasteiger partial charge is 0.454 e. The highest BCUT2D eigenvalue weighted by molar-refractivity contribution is 6.38. The Hall–Kier alpha value is -1.64. The predicted octanol–water partition coefficient (Wildman–Crippen LogP) is 3.32. The molecule has 0 bridgehead atoms. The maximum atomic E-state index is 6.24. The maximum absolute atomic E-state index is 6.24. The molecule has 3 heterocycles. The maximum Gasteiger partial charge on any atom is 0.236 e. The highest BCUT2D eigenvalue weighted by Gasteiger charge is 2.47. The van der Waals surface area contributed by atoms with Crippen molar-refractivity contribution in [2.75, 3.05) is 20.3 Å². The topological polar surface area (TPSA) is 82.4 Å². The van der Waals surface area contributed by atoms with Crippen LogP contribution in [0.15, 0.2) is 28.9 Å². The number of furan rings is 1. The van der Waals surface area contributed by atoms with Gasteiger partial charge in [0.05, 0.1) is 24.7 Å².